The summed E-state index contributed by atoms with van der Waals surface area (Å²) in [6.07, 6.45) is 0. The molecule has 38 heavy (non-hydrogen) atoms. The minimum atomic E-state index is -3.24. The van der Waals surface area contributed by atoms with Crippen LogP contribution in [0.2, 0.25) is 0 Å². The van der Waals surface area contributed by atoms with Crippen molar-refractivity contribution >= 4 is 15.9 Å². The van der Waals surface area contributed by atoms with Gasteiger partial charge in [-0.1, -0.05) is 70.2 Å². The molecule has 7 nitrogen and oxygen atoms in total. The highest BCUT2D eigenvalue weighted by Crippen LogP contribution is 2.41. The molecule has 1 fully saturated rings. The van der Waals surface area contributed by atoms with E-state index in [1.165, 1.54) is 11.3 Å². The molecule has 1 aliphatic rings. The summed E-state index contributed by atoms with van der Waals surface area (Å²) < 4.78 is 26.3. The molecule has 1 saturated heterocycles. The monoisotopic (exact) mass is 536 g/mol. The molecule has 2 heterocycles. The Labute approximate surface area is 227 Å². The summed E-state index contributed by atoms with van der Waals surface area (Å²) in [7, 11) is -3.24. The number of carbonyl (C=O) groups excluding carboxylic acids is 1. The molecule has 1 aromatic heterocycles. The van der Waals surface area contributed by atoms with Crippen LogP contribution in [-0.4, -0.2) is 48.0 Å². The largest absolute Gasteiger partial charge is 0.334 e. The van der Waals surface area contributed by atoms with Crippen LogP contribution in [-0.2, 0) is 21.8 Å². The molecular weight excluding hydrogens is 496 g/mol. The van der Waals surface area contributed by atoms with E-state index in [4.69, 9.17) is 5.10 Å². The summed E-state index contributed by atoms with van der Waals surface area (Å²) in [6, 6.07) is 19.5. The van der Waals surface area contributed by atoms with Crippen LogP contribution in [0.4, 0.5) is 4.79 Å². The van der Waals surface area contributed by atoms with Gasteiger partial charge in [0.05, 0.1) is 16.3 Å². The molecule has 1 aliphatic heterocycles. The highest BCUT2D eigenvalue weighted by Gasteiger charge is 2.40. The van der Waals surface area contributed by atoms with Crippen molar-refractivity contribution in [3.05, 3.63) is 83.2 Å². The van der Waals surface area contributed by atoms with Gasteiger partial charge >= 0.3 is 6.03 Å². The van der Waals surface area contributed by atoms with Crippen molar-refractivity contribution in [1.82, 2.24) is 20.0 Å². The van der Waals surface area contributed by atoms with Crippen LogP contribution in [0.25, 0.3) is 0 Å². The Morgan fingerprint density at radius 2 is 1.66 bits per heavy atom. The predicted octanol–water partition coefficient (Wildman–Crippen LogP) is 5.65. The molecule has 2 unspecified atom stereocenters. The van der Waals surface area contributed by atoms with Gasteiger partial charge in [0.15, 0.2) is 9.84 Å². The van der Waals surface area contributed by atoms with Crippen molar-refractivity contribution in [3.63, 3.8) is 0 Å². The molecule has 0 bridgehead atoms. The first-order chi connectivity index (χ1) is 17.9. The minimum absolute atomic E-state index is 0.0642. The fraction of sp³-hybridized carbons (Fsp3) is 0.467. The first-order valence-electron chi connectivity index (χ1n) is 13.4. The second-order valence-corrected chi connectivity index (χ2v) is 13.8. The zero-order valence-electron chi connectivity index (χ0n) is 23.3. The molecular formula is C30H40N4O3S. The maximum atomic E-state index is 13.3. The molecule has 1 N–H and O–H groups in total. The van der Waals surface area contributed by atoms with E-state index in [2.05, 4.69) is 74.9 Å². The number of nitrogens with one attached hydrogen (secondary N) is 1. The first kappa shape index (κ1) is 27.9. The summed E-state index contributed by atoms with van der Waals surface area (Å²) in [5.41, 5.74) is 4.23. The number of hydrogen-bond donors (Lipinski definition) is 1. The Balaban J connectivity index is 1.56. The number of amides is 2. The number of nitrogens with zero attached hydrogens (tertiary/aromatic N) is 3. The molecule has 2 aromatic carbocycles. The third kappa shape index (κ3) is 5.96. The van der Waals surface area contributed by atoms with Crippen molar-refractivity contribution in [3.8, 4) is 0 Å². The SMILES string of the molecule is CCS(=O)(=O)c1ccc(CNC(=O)N2CC(c3ccccc3)C(c3cc(C(C)(C)C)nn3C(C)C)C2)cc1. The summed E-state index contributed by atoms with van der Waals surface area (Å²) in [4.78, 5) is 15.5. The predicted molar refractivity (Wildman–Crippen MR) is 151 cm³/mol. The summed E-state index contributed by atoms with van der Waals surface area (Å²) >= 11 is 0. The van der Waals surface area contributed by atoms with Gasteiger partial charge in [0.2, 0.25) is 0 Å². The Hall–Kier alpha value is -3.13. The number of likely N-dealkylation sites (tertiary alicyclic amines) is 1. The second-order valence-electron chi connectivity index (χ2n) is 11.5. The molecule has 3 aromatic rings. The van der Waals surface area contributed by atoms with Gasteiger partial charge in [-0.25, -0.2) is 13.2 Å². The van der Waals surface area contributed by atoms with Gasteiger partial charge in [0.1, 0.15) is 0 Å². The average molecular weight is 537 g/mol. The normalized spacial score (nSPS) is 18.2. The molecule has 2 atom stereocenters. The van der Waals surface area contributed by atoms with Gasteiger partial charge in [0, 0.05) is 48.6 Å². The molecule has 4 rings (SSSR count). The maximum Gasteiger partial charge on any atom is 0.317 e. The third-order valence-corrected chi connectivity index (χ3v) is 9.09. The first-order valence-corrected chi connectivity index (χ1v) is 15.0. The molecule has 204 valence electrons. The Morgan fingerprint density at radius 1 is 1.03 bits per heavy atom. The lowest BCUT2D eigenvalue weighted by Crippen LogP contribution is -2.38. The fourth-order valence-electron chi connectivity index (χ4n) is 5.04. The van der Waals surface area contributed by atoms with Gasteiger partial charge in [-0.15, -0.1) is 0 Å². The van der Waals surface area contributed by atoms with Gasteiger partial charge in [-0.3, -0.25) is 4.68 Å². The lowest BCUT2D eigenvalue weighted by atomic mass is 9.85. The van der Waals surface area contributed by atoms with E-state index >= 15 is 0 Å². The lowest BCUT2D eigenvalue weighted by molar-refractivity contribution is 0.207. The van der Waals surface area contributed by atoms with Crippen molar-refractivity contribution in [2.24, 2.45) is 0 Å². The summed E-state index contributed by atoms with van der Waals surface area (Å²) in [5.74, 6) is 0.338. The Bertz CT molecular complexity index is 1360. The van der Waals surface area contributed by atoms with Crippen LogP contribution in [0.5, 0.6) is 0 Å². The highest BCUT2D eigenvalue weighted by molar-refractivity contribution is 7.91. The number of urea groups is 1. The van der Waals surface area contributed by atoms with Gasteiger partial charge < -0.3 is 10.2 Å². The van der Waals surface area contributed by atoms with E-state index in [0.717, 1.165) is 11.3 Å². The topological polar surface area (TPSA) is 84.3 Å². The number of carbonyl (C=O) groups is 1. The van der Waals surface area contributed by atoms with Gasteiger partial charge in [0.25, 0.3) is 0 Å². The number of rotatable bonds is 7. The number of benzene rings is 2. The average Bonchev–Trinajstić information content (AvgIpc) is 3.53. The van der Waals surface area contributed by atoms with Crippen LogP contribution < -0.4 is 5.32 Å². The molecule has 0 saturated carbocycles. The van der Waals surface area contributed by atoms with E-state index in [1.54, 1.807) is 31.2 Å². The quantitative estimate of drug-likeness (QED) is 0.423. The molecule has 0 spiro atoms. The van der Waals surface area contributed by atoms with Crippen LogP contribution in [0.15, 0.2) is 65.6 Å². The standard InChI is InChI=1S/C30H40N4O3S/c1-7-38(36,37)24-15-13-22(14-16-24)18-31-29(35)33-19-25(23-11-9-8-10-12-23)26(20-33)27-17-28(30(4,5)6)32-34(27)21(2)3/h8-17,21,25-26H,7,18-20H2,1-6H3,(H,31,35). The van der Waals surface area contributed by atoms with Gasteiger partial charge in [-0.2, -0.15) is 5.10 Å². The molecule has 2 amide bonds. The minimum Gasteiger partial charge on any atom is -0.334 e. The molecule has 0 radical (unpaired) electrons. The van der Waals surface area contributed by atoms with E-state index in [9.17, 15) is 13.2 Å². The summed E-state index contributed by atoms with van der Waals surface area (Å²) in [5, 5.41) is 8.02. The van der Waals surface area contributed by atoms with E-state index in [1.807, 2.05) is 11.0 Å². The number of hydrogen-bond acceptors (Lipinski definition) is 4. The smallest absolute Gasteiger partial charge is 0.317 e. The zero-order valence-corrected chi connectivity index (χ0v) is 24.1. The van der Waals surface area contributed by atoms with Crippen LogP contribution >= 0.6 is 0 Å². The Kier molecular flexibility index (Phi) is 8.02. The van der Waals surface area contributed by atoms with Crippen LogP contribution in [0.1, 0.15) is 81.9 Å². The van der Waals surface area contributed by atoms with Crippen LogP contribution in [0.3, 0.4) is 0 Å². The van der Waals surface area contributed by atoms with Crippen molar-refractivity contribution in [2.75, 3.05) is 18.8 Å². The third-order valence-electron chi connectivity index (χ3n) is 7.34. The van der Waals surface area contributed by atoms with Crippen molar-refractivity contribution in [2.45, 2.75) is 76.3 Å². The Morgan fingerprint density at radius 3 is 2.24 bits per heavy atom. The van der Waals surface area contributed by atoms with Crippen LogP contribution in [0, 0.1) is 0 Å². The number of aromatic nitrogens is 2. The molecule has 0 aliphatic carbocycles. The molecule has 8 heteroatoms. The second kappa shape index (κ2) is 10.9. The number of sulfone groups is 1. The van der Waals surface area contributed by atoms with E-state index in [0.29, 0.717) is 24.5 Å². The zero-order chi connectivity index (χ0) is 27.7. The van der Waals surface area contributed by atoms with Gasteiger partial charge in [-0.05, 0) is 43.2 Å². The highest BCUT2D eigenvalue weighted by atomic mass is 32.2. The lowest BCUT2D eigenvalue weighted by Gasteiger charge is -2.21. The van der Waals surface area contributed by atoms with E-state index < -0.39 is 9.84 Å². The summed E-state index contributed by atoms with van der Waals surface area (Å²) in [6.45, 7) is 14.0. The van der Waals surface area contributed by atoms with Crippen molar-refractivity contribution in [1.29, 1.82) is 0 Å². The van der Waals surface area contributed by atoms with Crippen molar-refractivity contribution < 1.29 is 13.2 Å². The fourth-order valence-corrected chi connectivity index (χ4v) is 5.93. The van der Waals surface area contributed by atoms with E-state index in [-0.39, 0.29) is 35.1 Å². The maximum absolute atomic E-state index is 13.3.